The Hall–Kier alpha value is -3.95. The summed E-state index contributed by atoms with van der Waals surface area (Å²) in [5.74, 6) is -3.83. The van der Waals surface area contributed by atoms with Gasteiger partial charge in [-0.2, -0.15) is 8.78 Å². The molecule has 8 nitrogen and oxygen atoms in total. The van der Waals surface area contributed by atoms with Gasteiger partial charge < -0.3 is 25.5 Å². The zero-order chi connectivity index (χ0) is 21.3. The fourth-order valence-electron chi connectivity index (χ4n) is 2.89. The summed E-state index contributed by atoms with van der Waals surface area (Å²) in [5, 5.41) is 6.18. The molecule has 2 aromatic carbocycles. The van der Waals surface area contributed by atoms with Crippen molar-refractivity contribution in [3.8, 4) is 0 Å². The highest BCUT2D eigenvalue weighted by Gasteiger charge is 2.41. The number of ether oxygens (including phenoxy) is 1. The quantitative estimate of drug-likeness (QED) is 0.444. The van der Waals surface area contributed by atoms with E-state index in [-0.39, 0.29) is 11.7 Å². The first kappa shape index (κ1) is 19.4. The van der Waals surface area contributed by atoms with E-state index in [9.17, 15) is 13.6 Å². The Morgan fingerprint density at radius 1 is 1.20 bits per heavy atom. The molecule has 1 aliphatic rings. The lowest BCUT2D eigenvalue weighted by Gasteiger charge is -2.26. The number of hydrogen-bond donors (Lipinski definition) is 3. The van der Waals surface area contributed by atoms with Crippen LogP contribution >= 0.6 is 0 Å². The Labute approximate surface area is 169 Å². The molecule has 154 valence electrons. The van der Waals surface area contributed by atoms with E-state index in [0.29, 0.717) is 34.2 Å². The number of halogens is 2. The van der Waals surface area contributed by atoms with Crippen molar-refractivity contribution < 1.29 is 22.7 Å². The third-order valence-electron chi connectivity index (χ3n) is 4.32. The van der Waals surface area contributed by atoms with E-state index < -0.39 is 18.1 Å². The molecule has 1 atom stereocenters. The number of alkyl halides is 2. The number of nitrogens with two attached hydrogens (primary N) is 1. The molecule has 1 unspecified atom stereocenters. The standard InChI is InChI=1S/C20H17F2N5O3/c1-29-17(28)16-8-11-7-14(5-6-15(11)30-16)26-19-24-10-20(21,22)18(27-19)25-13-4-2-3-12(23)9-13/h2-10,18,25H,23H2,1H3,(H,26,27). The average Bonchev–Trinajstić information content (AvgIpc) is 3.13. The zero-order valence-corrected chi connectivity index (χ0v) is 15.7. The van der Waals surface area contributed by atoms with Crippen molar-refractivity contribution in [3.05, 3.63) is 54.3 Å². The van der Waals surface area contributed by atoms with E-state index in [0.717, 1.165) is 0 Å². The fraction of sp³-hybridized carbons (Fsp3) is 0.150. The highest BCUT2D eigenvalue weighted by molar-refractivity contribution is 6.02. The van der Waals surface area contributed by atoms with Crippen molar-refractivity contribution in [3.63, 3.8) is 0 Å². The van der Waals surface area contributed by atoms with Crippen LogP contribution in [0.25, 0.3) is 11.0 Å². The smallest absolute Gasteiger partial charge is 0.373 e. The van der Waals surface area contributed by atoms with Crippen molar-refractivity contribution in [2.24, 2.45) is 9.98 Å². The number of carbonyl (C=O) groups is 1. The van der Waals surface area contributed by atoms with Crippen molar-refractivity contribution in [2.75, 3.05) is 23.5 Å². The topological polar surface area (TPSA) is 114 Å². The minimum Gasteiger partial charge on any atom is -0.463 e. The summed E-state index contributed by atoms with van der Waals surface area (Å²) in [6, 6.07) is 12.9. The van der Waals surface area contributed by atoms with Gasteiger partial charge in [-0.25, -0.2) is 14.8 Å². The van der Waals surface area contributed by atoms with Gasteiger partial charge in [-0.3, -0.25) is 0 Å². The van der Waals surface area contributed by atoms with Gasteiger partial charge in [-0.1, -0.05) is 6.07 Å². The number of hydrogen-bond acceptors (Lipinski definition) is 8. The monoisotopic (exact) mass is 413 g/mol. The Morgan fingerprint density at radius 3 is 2.80 bits per heavy atom. The lowest BCUT2D eigenvalue weighted by Crippen LogP contribution is -2.43. The van der Waals surface area contributed by atoms with Gasteiger partial charge in [0, 0.05) is 22.4 Å². The molecular weight excluding hydrogens is 396 g/mol. The summed E-state index contributed by atoms with van der Waals surface area (Å²) in [7, 11) is 1.26. The third kappa shape index (κ3) is 3.93. The van der Waals surface area contributed by atoms with E-state index in [1.165, 1.54) is 19.2 Å². The van der Waals surface area contributed by atoms with Crippen LogP contribution in [-0.2, 0) is 4.74 Å². The molecule has 0 bridgehead atoms. The van der Waals surface area contributed by atoms with Crippen LogP contribution in [-0.4, -0.2) is 37.3 Å². The number of rotatable bonds is 4. The van der Waals surface area contributed by atoms with Gasteiger partial charge in [0.1, 0.15) is 5.58 Å². The molecule has 0 radical (unpaired) electrons. The summed E-state index contributed by atoms with van der Waals surface area (Å²) < 4.78 is 38.5. The molecular formula is C20H17F2N5O3. The number of aliphatic imine (C=N–C) groups is 2. The number of esters is 1. The van der Waals surface area contributed by atoms with Gasteiger partial charge in [0.2, 0.25) is 11.7 Å². The van der Waals surface area contributed by atoms with E-state index in [1.807, 2.05) is 0 Å². The minimum absolute atomic E-state index is 0.00151. The first-order valence-corrected chi connectivity index (χ1v) is 8.86. The predicted molar refractivity (Wildman–Crippen MR) is 110 cm³/mol. The van der Waals surface area contributed by atoms with Crippen LogP contribution in [0.2, 0.25) is 0 Å². The SMILES string of the molecule is COC(=O)c1cc2cc(NC3=NC(Nc4cccc(N)c4)C(F)(F)C=N3)ccc2o1. The van der Waals surface area contributed by atoms with Crippen LogP contribution in [0, 0.1) is 0 Å². The molecule has 30 heavy (non-hydrogen) atoms. The number of guanidine groups is 1. The third-order valence-corrected chi connectivity index (χ3v) is 4.32. The van der Waals surface area contributed by atoms with Crippen molar-refractivity contribution in [1.82, 2.24) is 0 Å². The summed E-state index contributed by atoms with van der Waals surface area (Å²) in [5.41, 5.74) is 7.55. The molecule has 0 aliphatic carbocycles. The first-order valence-electron chi connectivity index (χ1n) is 8.86. The van der Waals surface area contributed by atoms with Crippen molar-refractivity contribution in [2.45, 2.75) is 12.1 Å². The summed E-state index contributed by atoms with van der Waals surface area (Å²) in [6.07, 6.45) is -1.03. The maximum Gasteiger partial charge on any atom is 0.373 e. The maximum absolute atomic E-state index is 14.3. The van der Waals surface area contributed by atoms with Gasteiger partial charge in [-0.15, -0.1) is 0 Å². The Kier molecular flexibility index (Phi) is 4.82. The molecule has 0 fully saturated rings. The summed E-state index contributed by atoms with van der Waals surface area (Å²) in [6.45, 7) is 0. The minimum atomic E-state index is -3.29. The second-order valence-corrected chi connectivity index (χ2v) is 6.54. The molecule has 0 saturated heterocycles. The number of nitrogens with one attached hydrogen (secondary N) is 2. The highest BCUT2D eigenvalue weighted by Crippen LogP contribution is 2.27. The van der Waals surface area contributed by atoms with Gasteiger partial charge in [-0.05, 0) is 42.5 Å². The number of nitrogens with zero attached hydrogens (tertiary/aromatic N) is 2. The van der Waals surface area contributed by atoms with Crippen LogP contribution in [0.5, 0.6) is 0 Å². The Bertz CT molecular complexity index is 1170. The van der Waals surface area contributed by atoms with E-state index in [2.05, 4.69) is 25.4 Å². The summed E-state index contributed by atoms with van der Waals surface area (Å²) in [4.78, 5) is 19.3. The average molecular weight is 413 g/mol. The molecule has 10 heteroatoms. The predicted octanol–water partition coefficient (Wildman–Crippen LogP) is 3.73. The number of anilines is 3. The molecule has 0 saturated carbocycles. The van der Waals surface area contributed by atoms with E-state index in [1.54, 1.807) is 36.4 Å². The molecule has 4 rings (SSSR count). The molecule has 0 amide bonds. The zero-order valence-electron chi connectivity index (χ0n) is 15.7. The van der Waals surface area contributed by atoms with E-state index >= 15 is 0 Å². The number of carbonyl (C=O) groups excluding carboxylic acids is 1. The van der Waals surface area contributed by atoms with Crippen molar-refractivity contribution >= 4 is 46.2 Å². The van der Waals surface area contributed by atoms with E-state index in [4.69, 9.17) is 10.2 Å². The van der Waals surface area contributed by atoms with Crippen LogP contribution in [0.4, 0.5) is 25.8 Å². The lowest BCUT2D eigenvalue weighted by atomic mass is 10.2. The first-order chi connectivity index (χ1) is 14.3. The van der Waals surface area contributed by atoms with Crippen LogP contribution in [0.3, 0.4) is 0 Å². The van der Waals surface area contributed by atoms with Crippen LogP contribution < -0.4 is 16.4 Å². The van der Waals surface area contributed by atoms with Gasteiger partial charge in [0.05, 0.1) is 13.3 Å². The molecule has 4 N–H and O–H groups in total. The molecule has 3 aromatic rings. The number of fused-ring (bicyclic) bond motifs is 1. The Balaban J connectivity index is 1.56. The van der Waals surface area contributed by atoms with Gasteiger partial charge in [0.25, 0.3) is 0 Å². The molecule has 0 spiro atoms. The normalized spacial score (nSPS) is 17.4. The van der Waals surface area contributed by atoms with Crippen molar-refractivity contribution in [1.29, 1.82) is 0 Å². The number of benzene rings is 2. The lowest BCUT2D eigenvalue weighted by molar-refractivity contribution is 0.0567. The summed E-state index contributed by atoms with van der Waals surface area (Å²) >= 11 is 0. The maximum atomic E-state index is 14.3. The number of furan rings is 1. The van der Waals surface area contributed by atoms with Crippen LogP contribution in [0.1, 0.15) is 10.6 Å². The molecule has 1 aliphatic heterocycles. The highest BCUT2D eigenvalue weighted by atomic mass is 19.3. The molecule has 2 heterocycles. The van der Waals surface area contributed by atoms with Crippen LogP contribution in [0.15, 0.2) is 62.9 Å². The largest absolute Gasteiger partial charge is 0.463 e. The van der Waals surface area contributed by atoms with Gasteiger partial charge >= 0.3 is 11.9 Å². The second kappa shape index (κ2) is 7.47. The van der Waals surface area contributed by atoms with Gasteiger partial charge in [0.15, 0.2) is 6.17 Å². The molecule has 1 aromatic heterocycles. The fourth-order valence-corrected chi connectivity index (χ4v) is 2.89. The Morgan fingerprint density at radius 2 is 2.03 bits per heavy atom. The second-order valence-electron chi connectivity index (χ2n) is 6.54. The number of methoxy groups -OCH3 is 1. The number of nitrogen functional groups attached to an aromatic ring is 1.